The van der Waals surface area contributed by atoms with Gasteiger partial charge in [-0.25, -0.2) is 4.79 Å². The number of nitrogens with zero attached hydrogens (tertiary/aromatic N) is 1. The Morgan fingerprint density at radius 2 is 1.57 bits per heavy atom. The van der Waals surface area contributed by atoms with Crippen LogP contribution in [0, 0.1) is 0 Å². The van der Waals surface area contributed by atoms with Crippen LogP contribution in [0.1, 0.15) is 66.6 Å². The van der Waals surface area contributed by atoms with Crippen molar-refractivity contribution in [2.75, 3.05) is 20.1 Å². The number of nitrogens with one attached hydrogen (secondary N) is 2. The molecule has 4 aromatic carbocycles. The molecule has 5 atom stereocenters. The van der Waals surface area contributed by atoms with Crippen LogP contribution in [0.5, 0.6) is 0 Å². The standard InChI is InChI=1S/C38H45N3O5/c1-4-39-38(44)40-23-32-12-8-9-13-34(32)28-18-20-31(21-19-28)37-45-33(22-35(46-37)29-16-14-27(25-42)15-17-29)24-41(3)26(2)36(43)30-10-6-5-7-11-30/h5-21,26,33,35-37,42-43H,4,22-25H2,1-3H3,(H2,39,40,44)/t26-,33+,35-,36-,37-/m1/s1. The van der Waals surface area contributed by atoms with E-state index in [0.717, 1.165) is 38.9 Å². The fourth-order valence-electron chi connectivity index (χ4n) is 5.86. The Morgan fingerprint density at radius 3 is 2.26 bits per heavy atom. The Bertz CT molecular complexity index is 1530. The lowest BCUT2D eigenvalue weighted by molar-refractivity contribution is -0.253. The van der Waals surface area contributed by atoms with Crippen LogP contribution in [0.4, 0.5) is 4.79 Å². The largest absolute Gasteiger partial charge is 0.392 e. The van der Waals surface area contributed by atoms with Crippen LogP contribution < -0.4 is 10.6 Å². The minimum atomic E-state index is -0.629. The van der Waals surface area contributed by atoms with Gasteiger partial charge in [0.2, 0.25) is 0 Å². The molecule has 0 saturated carbocycles. The number of likely N-dealkylation sites (N-methyl/N-ethyl adjacent to an activating group) is 1. The molecule has 1 saturated heterocycles. The molecule has 0 spiro atoms. The first-order valence-corrected chi connectivity index (χ1v) is 16.0. The Kier molecular flexibility index (Phi) is 11.6. The lowest BCUT2D eigenvalue weighted by atomic mass is 9.97. The van der Waals surface area contributed by atoms with Gasteiger partial charge in [-0.2, -0.15) is 0 Å². The van der Waals surface area contributed by atoms with E-state index in [1.165, 1.54) is 0 Å². The van der Waals surface area contributed by atoms with Gasteiger partial charge in [0.15, 0.2) is 6.29 Å². The molecular formula is C38H45N3O5. The van der Waals surface area contributed by atoms with Gasteiger partial charge in [0, 0.05) is 37.7 Å². The zero-order chi connectivity index (χ0) is 32.5. The van der Waals surface area contributed by atoms with E-state index in [2.05, 4.69) is 33.7 Å². The molecule has 2 amide bonds. The molecule has 0 aliphatic carbocycles. The van der Waals surface area contributed by atoms with E-state index in [4.69, 9.17) is 9.47 Å². The maximum Gasteiger partial charge on any atom is 0.315 e. The van der Waals surface area contributed by atoms with E-state index in [1.807, 2.05) is 106 Å². The average Bonchev–Trinajstić information content (AvgIpc) is 3.10. The normalized spacial score (nSPS) is 19.4. The van der Waals surface area contributed by atoms with Crippen molar-refractivity contribution in [2.24, 2.45) is 0 Å². The van der Waals surface area contributed by atoms with Gasteiger partial charge < -0.3 is 30.3 Å². The molecule has 0 radical (unpaired) electrons. The highest BCUT2D eigenvalue weighted by Gasteiger charge is 2.34. The number of benzene rings is 4. The number of hydrogen-bond acceptors (Lipinski definition) is 6. The lowest BCUT2D eigenvalue weighted by Crippen LogP contribution is -2.43. The van der Waals surface area contributed by atoms with E-state index < -0.39 is 12.4 Å². The summed E-state index contributed by atoms with van der Waals surface area (Å²) < 4.78 is 13.2. The van der Waals surface area contributed by atoms with E-state index in [-0.39, 0.29) is 30.9 Å². The quantitative estimate of drug-likeness (QED) is 0.149. The summed E-state index contributed by atoms with van der Waals surface area (Å²) in [4.78, 5) is 14.1. The monoisotopic (exact) mass is 623 g/mol. The molecule has 5 rings (SSSR count). The topological polar surface area (TPSA) is 103 Å². The van der Waals surface area contributed by atoms with Crippen molar-refractivity contribution in [1.29, 1.82) is 0 Å². The van der Waals surface area contributed by atoms with Crippen LogP contribution in [0.25, 0.3) is 11.1 Å². The highest BCUT2D eigenvalue weighted by Crippen LogP contribution is 2.39. The Morgan fingerprint density at radius 1 is 0.891 bits per heavy atom. The van der Waals surface area contributed by atoms with E-state index in [9.17, 15) is 15.0 Å². The second kappa shape index (κ2) is 16.0. The molecule has 1 fully saturated rings. The third kappa shape index (κ3) is 8.40. The maximum absolute atomic E-state index is 12.0. The number of carbonyl (C=O) groups excluding carboxylic acids is 1. The van der Waals surface area contributed by atoms with Crippen molar-refractivity contribution >= 4 is 6.03 Å². The van der Waals surface area contributed by atoms with E-state index in [0.29, 0.717) is 26.1 Å². The molecule has 1 aliphatic heterocycles. The molecule has 8 heteroatoms. The summed E-state index contributed by atoms with van der Waals surface area (Å²) in [6.07, 6.45) is -0.933. The number of ether oxygens (including phenoxy) is 2. The van der Waals surface area contributed by atoms with E-state index in [1.54, 1.807) is 0 Å². The van der Waals surface area contributed by atoms with Crippen LogP contribution in [0.15, 0.2) is 103 Å². The zero-order valence-corrected chi connectivity index (χ0v) is 26.8. The van der Waals surface area contributed by atoms with E-state index >= 15 is 0 Å². The maximum atomic E-state index is 12.0. The fourth-order valence-corrected chi connectivity index (χ4v) is 5.86. The molecule has 46 heavy (non-hydrogen) atoms. The number of aliphatic hydroxyl groups is 2. The van der Waals surface area contributed by atoms with Crippen LogP contribution in [-0.4, -0.2) is 53.4 Å². The third-order valence-corrected chi connectivity index (χ3v) is 8.69. The van der Waals surface area contributed by atoms with Gasteiger partial charge in [-0.3, -0.25) is 4.90 Å². The number of urea groups is 1. The Hall–Kier alpha value is -4.05. The van der Waals surface area contributed by atoms with Crippen LogP contribution in [0.2, 0.25) is 0 Å². The number of carbonyl (C=O) groups is 1. The van der Waals surface area contributed by atoms with Crippen LogP contribution in [0.3, 0.4) is 0 Å². The molecule has 8 nitrogen and oxygen atoms in total. The molecule has 1 aliphatic rings. The summed E-state index contributed by atoms with van der Waals surface area (Å²) in [5.74, 6) is 0. The summed E-state index contributed by atoms with van der Waals surface area (Å²) in [5.41, 5.74) is 6.77. The molecule has 0 unspecified atom stereocenters. The van der Waals surface area contributed by atoms with Crippen molar-refractivity contribution < 1.29 is 24.5 Å². The highest BCUT2D eigenvalue weighted by molar-refractivity contribution is 5.74. The van der Waals surface area contributed by atoms with Gasteiger partial charge >= 0.3 is 6.03 Å². The van der Waals surface area contributed by atoms with Crippen molar-refractivity contribution in [1.82, 2.24) is 15.5 Å². The molecule has 0 aromatic heterocycles. The minimum Gasteiger partial charge on any atom is -0.392 e. The smallest absolute Gasteiger partial charge is 0.315 e. The number of aliphatic hydroxyl groups excluding tert-OH is 2. The lowest BCUT2D eigenvalue weighted by Gasteiger charge is -2.39. The molecular weight excluding hydrogens is 578 g/mol. The average molecular weight is 624 g/mol. The van der Waals surface area contributed by atoms with Crippen molar-refractivity contribution in [3.8, 4) is 11.1 Å². The minimum absolute atomic E-state index is 0.00986. The first-order chi connectivity index (χ1) is 22.4. The van der Waals surface area contributed by atoms with Crippen molar-refractivity contribution in [2.45, 2.75) is 64.1 Å². The summed E-state index contributed by atoms with van der Waals surface area (Å²) in [6.45, 7) is 5.51. The molecule has 242 valence electrons. The number of hydrogen-bond donors (Lipinski definition) is 4. The Balaban J connectivity index is 1.34. The molecule has 4 aromatic rings. The SMILES string of the molecule is CCNC(=O)NCc1ccccc1-c1ccc([C@@H]2O[C@H](CN(C)[C@H](C)[C@@H](O)c3ccccc3)C[C@H](c3ccc(CO)cc3)O2)cc1. The number of rotatable bonds is 12. The summed E-state index contributed by atoms with van der Waals surface area (Å²) in [6, 6.07) is 33.5. The number of amides is 2. The summed E-state index contributed by atoms with van der Waals surface area (Å²) >= 11 is 0. The fraction of sp³-hybridized carbons (Fsp3) is 0.342. The first-order valence-electron chi connectivity index (χ1n) is 16.0. The van der Waals surface area contributed by atoms with Gasteiger partial charge in [-0.05, 0) is 54.3 Å². The zero-order valence-electron chi connectivity index (χ0n) is 26.8. The molecule has 1 heterocycles. The summed E-state index contributed by atoms with van der Waals surface area (Å²) in [7, 11) is 2.02. The first kappa shape index (κ1) is 33.3. The second-order valence-corrected chi connectivity index (χ2v) is 11.9. The predicted octanol–water partition coefficient (Wildman–Crippen LogP) is 6.26. The second-order valence-electron chi connectivity index (χ2n) is 11.9. The summed E-state index contributed by atoms with van der Waals surface area (Å²) in [5, 5.41) is 26.3. The van der Waals surface area contributed by atoms with Crippen LogP contribution >= 0.6 is 0 Å². The predicted molar refractivity (Wildman–Crippen MR) is 180 cm³/mol. The molecule has 0 bridgehead atoms. The van der Waals surface area contributed by atoms with Gasteiger partial charge in [-0.15, -0.1) is 0 Å². The highest BCUT2D eigenvalue weighted by atomic mass is 16.7. The molecule has 4 N–H and O–H groups in total. The van der Waals surface area contributed by atoms with Gasteiger partial charge in [0.05, 0.1) is 24.9 Å². The van der Waals surface area contributed by atoms with Crippen LogP contribution in [-0.2, 0) is 22.6 Å². The van der Waals surface area contributed by atoms with Crippen molar-refractivity contribution in [3.05, 3.63) is 131 Å². The Labute approximate surface area is 272 Å². The van der Waals surface area contributed by atoms with Crippen molar-refractivity contribution in [3.63, 3.8) is 0 Å². The third-order valence-electron chi connectivity index (χ3n) is 8.69. The van der Waals surface area contributed by atoms with Gasteiger partial charge in [0.25, 0.3) is 0 Å². The van der Waals surface area contributed by atoms with Gasteiger partial charge in [0.1, 0.15) is 0 Å². The van der Waals surface area contributed by atoms with Gasteiger partial charge in [-0.1, -0.05) is 103 Å².